The maximum absolute atomic E-state index is 6.09. The zero-order valence-corrected chi connectivity index (χ0v) is 11.4. The molecule has 1 heterocycles. The quantitative estimate of drug-likeness (QED) is 0.886. The molecule has 1 aromatic rings. The molecule has 1 aliphatic heterocycles. The fourth-order valence-corrected chi connectivity index (χ4v) is 2.63. The third-order valence-electron chi connectivity index (χ3n) is 3.88. The van der Waals surface area contributed by atoms with E-state index in [1.54, 1.807) is 7.11 Å². The number of hydrogen-bond donors (Lipinski definition) is 1. The van der Waals surface area contributed by atoms with Crippen LogP contribution in [-0.4, -0.2) is 32.8 Å². The number of anilines is 1. The minimum atomic E-state index is 0.354. The SMILES string of the molecule is COCCc1ccccc1N1CCC(N)C(C)C1. The fraction of sp³-hybridized carbons (Fsp3) is 0.600. The number of nitrogens with two attached hydrogens (primary N) is 1. The van der Waals surface area contributed by atoms with Crippen molar-refractivity contribution >= 4 is 5.69 Å². The molecule has 0 bridgehead atoms. The summed E-state index contributed by atoms with van der Waals surface area (Å²) in [6.45, 7) is 5.15. The van der Waals surface area contributed by atoms with Gasteiger partial charge in [0.25, 0.3) is 0 Å². The molecule has 0 saturated carbocycles. The lowest BCUT2D eigenvalue weighted by molar-refractivity contribution is 0.202. The molecule has 2 rings (SSSR count). The molecular weight excluding hydrogens is 224 g/mol. The lowest BCUT2D eigenvalue weighted by atomic mass is 9.93. The van der Waals surface area contributed by atoms with Gasteiger partial charge < -0.3 is 15.4 Å². The minimum absolute atomic E-state index is 0.354. The number of rotatable bonds is 4. The summed E-state index contributed by atoms with van der Waals surface area (Å²) in [5.41, 5.74) is 8.82. The smallest absolute Gasteiger partial charge is 0.0503 e. The summed E-state index contributed by atoms with van der Waals surface area (Å²) in [5.74, 6) is 0.564. The summed E-state index contributed by atoms with van der Waals surface area (Å²) in [7, 11) is 1.75. The van der Waals surface area contributed by atoms with Crippen LogP contribution in [0.25, 0.3) is 0 Å². The first-order valence-corrected chi connectivity index (χ1v) is 6.79. The van der Waals surface area contributed by atoms with Gasteiger partial charge in [-0.25, -0.2) is 0 Å². The molecule has 100 valence electrons. The number of para-hydroxylation sites is 1. The molecule has 0 spiro atoms. The minimum Gasteiger partial charge on any atom is -0.384 e. The number of methoxy groups -OCH3 is 1. The van der Waals surface area contributed by atoms with Crippen molar-refractivity contribution in [1.29, 1.82) is 0 Å². The van der Waals surface area contributed by atoms with E-state index in [9.17, 15) is 0 Å². The molecule has 2 atom stereocenters. The molecular formula is C15H24N2O. The van der Waals surface area contributed by atoms with Crippen molar-refractivity contribution < 1.29 is 4.74 Å². The van der Waals surface area contributed by atoms with E-state index in [-0.39, 0.29) is 0 Å². The molecule has 18 heavy (non-hydrogen) atoms. The number of piperidine rings is 1. The highest BCUT2D eigenvalue weighted by Gasteiger charge is 2.24. The van der Waals surface area contributed by atoms with Crippen LogP contribution in [0, 0.1) is 5.92 Å². The van der Waals surface area contributed by atoms with E-state index in [1.165, 1.54) is 11.3 Å². The normalized spacial score (nSPS) is 24.3. The van der Waals surface area contributed by atoms with Crippen LogP contribution < -0.4 is 10.6 Å². The Morgan fingerprint density at radius 3 is 2.89 bits per heavy atom. The van der Waals surface area contributed by atoms with Gasteiger partial charge in [0.2, 0.25) is 0 Å². The largest absolute Gasteiger partial charge is 0.384 e. The van der Waals surface area contributed by atoms with Gasteiger partial charge in [0, 0.05) is 31.9 Å². The Bertz CT molecular complexity index is 381. The first-order chi connectivity index (χ1) is 8.72. The number of nitrogens with zero attached hydrogens (tertiary/aromatic N) is 1. The van der Waals surface area contributed by atoms with Gasteiger partial charge in [-0.05, 0) is 30.4 Å². The van der Waals surface area contributed by atoms with Gasteiger partial charge in [-0.15, -0.1) is 0 Å². The first-order valence-electron chi connectivity index (χ1n) is 6.79. The van der Waals surface area contributed by atoms with Gasteiger partial charge >= 0.3 is 0 Å². The second-order valence-electron chi connectivity index (χ2n) is 5.25. The van der Waals surface area contributed by atoms with E-state index in [0.717, 1.165) is 32.5 Å². The summed E-state index contributed by atoms with van der Waals surface area (Å²) >= 11 is 0. The monoisotopic (exact) mass is 248 g/mol. The van der Waals surface area contributed by atoms with E-state index in [2.05, 4.69) is 36.1 Å². The Morgan fingerprint density at radius 2 is 2.17 bits per heavy atom. The maximum atomic E-state index is 6.09. The van der Waals surface area contributed by atoms with Crippen molar-refractivity contribution in [3.8, 4) is 0 Å². The van der Waals surface area contributed by atoms with Gasteiger partial charge in [0.05, 0.1) is 6.61 Å². The van der Waals surface area contributed by atoms with E-state index in [1.807, 2.05) is 0 Å². The predicted molar refractivity (Wildman–Crippen MR) is 76.0 cm³/mol. The standard InChI is InChI=1S/C15H24N2O/c1-12-11-17(9-7-14(12)16)15-6-4-3-5-13(15)8-10-18-2/h3-6,12,14H,7-11,16H2,1-2H3. The van der Waals surface area contributed by atoms with Crippen LogP contribution in [0.3, 0.4) is 0 Å². The Labute approximate surface area is 110 Å². The third-order valence-corrected chi connectivity index (χ3v) is 3.88. The molecule has 2 unspecified atom stereocenters. The second-order valence-corrected chi connectivity index (χ2v) is 5.25. The predicted octanol–water partition coefficient (Wildman–Crippen LogP) is 2.05. The highest BCUT2D eigenvalue weighted by Crippen LogP contribution is 2.26. The molecule has 2 N–H and O–H groups in total. The van der Waals surface area contributed by atoms with Crippen molar-refractivity contribution in [2.45, 2.75) is 25.8 Å². The van der Waals surface area contributed by atoms with Gasteiger partial charge in [-0.1, -0.05) is 25.1 Å². The van der Waals surface area contributed by atoms with Crippen LogP contribution in [0.2, 0.25) is 0 Å². The summed E-state index contributed by atoms with van der Waals surface area (Å²) in [6, 6.07) is 8.99. The Hall–Kier alpha value is -1.06. The van der Waals surface area contributed by atoms with Gasteiger partial charge in [-0.3, -0.25) is 0 Å². The fourth-order valence-electron chi connectivity index (χ4n) is 2.63. The van der Waals surface area contributed by atoms with E-state index in [0.29, 0.717) is 12.0 Å². The van der Waals surface area contributed by atoms with E-state index in [4.69, 9.17) is 10.5 Å². The number of ether oxygens (including phenoxy) is 1. The molecule has 1 aromatic carbocycles. The van der Waals surface area contributed by atoms with Crippen molar-refractivity contribution in [2.75, 3.05) is 31.7 Å². The van der Waals surface area contributed by atoms with Crippen molar-refractivity contribution in [3.63, 3.8) is 0 Å². The van der Waals surface area contributed by atoms with Crippen LogP contribution in [0.15, 0.2) is 24.3 Å². The number of benzene rings is 1. The zero-order chi connectivity index (χ0) is 13.0. The highest BCUT2D eigenvalue weighted by atomic mass is 16.5. The average Bonchev–Trinajstić information content (AvgIpc) is 2.40. The van der Waals surface area contributed by atoms with Gasteiger partial charge in [0.1, 0.15) is 0 Å². The van der Waals surface area contributed by atoms with Crippen molar-refractivity contribution in [2.24, 2.45) is 11.7 Å². The molecule has 1 fully saturated rings. The lowest BCUT2D eigenvalue weighted by Gasteiger charge is -2.37. The molecule has 0 aromatic heterocycles. The van der Waals surface area contributed by atoms with Crippen LogP contribution >= 0.6 is 0 Å². The highest BCUT2D eigenvalue weighted by molar-refractivity contribution is 5.54. The summed E-state index contributed by atoms with van der Waals surface area (Å²) in [6.07, 6.45) is 2.06. The molecule has 0 amide bonds. The van der Waals surface area contributed by atoms with Crippen LogP contribution in [-0.2, 0) is 11.2 Å². The molecule has 3 heteroatoms. The maximum Gasteiger partial charge on any atom is 0.0503 e. The van der Waals surface area contributed by atoms with Crippen molar-refractivity contribution in [3.05, 3.63) is 29.8 Å². The third kappa shape index (κ3) is 3.03. The Kier molecular flexibility index (Phi) is 4.61. The second kappa shape index (κ2) is 6.21. The van der Waals surface area contributed by atoms with Crippen LogP contribution in [0.5, 0.6) is 0 Å². The topological polar surface area (TPSA) is 38.5 Å². The molecule has 3 nitrogen and oxygen atoms in total. The molecule has 0 aliphatic carbocycles. The first kappa shape index (κ1) is 13.4. The van der Waals surface area contributed by atoms with E-state index >= 15 is 0 Å². The van der Waals surface area contributed by atoms with E-state index < -0.39 is 0 Å². The number of hydrogen-bond acceptors (Lipinski definition) is 3. The Balaban J connectivity index is 2.12. The van der Waals surface area contributed by atoms with Crippen LogP contribution in [0.1, 0.15) is 18.9 Å². The summed E-state index contributed by atoms with van der Waals surface area (Å²) in [4.78, 5) is 2.47. The lowest BCUT2D eigenvalue weighted by Crippen LogP contribution is -2.46. The van der Waals surface area contributed by atoms with Crippen molar-refractivity contribution in [1.82, 2.24) is 0 Å². The van der Waals surface area contributed by atoms with Crippen LogP contribution in [0.4, 0.5) is 5.69 Å². The van der Waals surface area contributed by atoms with Gasteiger partial charge in [-0.2, -0.15) is 0 Å². The molecule has 1 saturated heterocycles. The van der Waals surface area contributed by atoms with Gasteiger partial charge in [0.15, 0.2) is 0 Å². The summed E-state index contributed by atoms with van der Waals surface area (Å²) < 4.78 is 5.19. The Morgan fingerprint density at radius 1 is 1.39 bits per heavy atom. The summed E-state index contributed by atoms with van der Waals surface area (Å²) in [5, 5.41) is 0. The molecule has 0 radical (unpaired) electrons. The average molecular weight is 248 g/mol. The zero-order valence-electron chi connectivity index (χ0n) is 11.4. The molecule has 1 aliphatic rings.